The number of carbonyl (C=O) groups is 3. The van der Waals surface area contributed by atoms with E-state index in [0.717, 1.165) is 5.41 Å². The van der Waals surface area contributed by atoms with E-state index >= 15 is 0 Å². The summed E-state index contributed by atoms with van der Waals surface area (Å²) in [7, 11) is -3.29. The monoisotopic (exact) mass is 274 g/mol. The van der Waals surface area contributed by atoms with Crippen LogP contribution in [0.4, 0.5) is 4.79 Å². The Morgan fingerprint density at radius 1 is 1.28 bits per heavy atom. The smallest absolute Gasteiger partial charge is 0.328 e. The normalized spacial score (nSPS) is 20.8. The van der Waals surface area contributed by atoms with Crippen molar-refractivity contribution in [1.29, 1.82) is 0 Å². The van der Waals surface area contributed by atoms with E-state index in [0.29, 0.717) is 12.2 Å². The largest absolute Gasteiger partial charge is 0.478 e. The van der Waals surface area contributed by atoms with Crippen molar-refractivity contribution in [1.82, 2.24) is 10.6 Å². The maximum atomic E-state index is 11.2. The molecule has 1 unspecified atom stereocenters. The molecule has 1 heterocycles. The van der Waals surface area contributed by atoms with Crippen molar-refractivity contribution in [2.75, 3.05) is 5.75 Å². The summed E-state index contributed by atoms with van der Waals surface area (Å²) in [4.78, 5) is 32.3. The second-order valence-electron chi connectivity index (χ2n) is 3.40. The summed E-state index contributed by atoms with van der Waals surface area (Å²) in [6, 6.07) is -1.60. The molecule has 9 heteroatoms. The molecule has 3 N–H and O–H groups in total. The minimum atomic E-state index is -3.29. The van der Waals surface area contributed by atoms with Gasteiger partial charge >= 0.3 is 12.0 Å². The Morgan fingerprint density at radius 3 is 2.44 bits per heavy atom. The fraction of sp³-hybridized carbons (Fsp3) is 0.222. The van der Waals surface area contributed by atoms with Crippen LogP contribution in [-0.2, 0) is 19.4 Å². The summed E-state index contributed by atoms with van der Waals surface area (Å²) in [5.41, 5.74) is 0. The fourth-order valence-electron chi connectivity index (χ4n) is 1.17. The van der Waals surface area contributed by atoms with Gasteiger partial charge in [0, 0.05) is 17.6 Å². The molecule has 0 radical (unpaired) electrons. The lowest BCUT2D eigenvalue weighted by molar-refractivity contribution is -0.131. The maximum Gasteiger partial charge on any atom is 0.328 e. The number of carbonyl (C=O) groups excluding carboxylic acids is 2. The highest BCUT2D eigenvalue weighted by Gasteiger charge is 2.23. The first-order valence-electron chi connectivity index (χ1n) is 4.72. The first kappa shape index (κ1) is 13.9. The van der Waals surface area contributed by atoms with Crippen LogP contribution in [0.1, 0.15) is 0 Å². The van der Waals surface area contributed by atoms with Crippen LogP contribution in [0, 0.1) is 0 Å². The molecule has 3 amide bonds. The average molecular weight is 274 g/mol. The summed E-state index contributed by atoms with van der Waals surface area (Å²) in [5.74, 6) is -2.50. The molecule has 0 aromatic heterocycles. The average Bonchev–Trinajstić information content (AvgIpc) is 2.54. The Morgan fingerprint density at radius 2 is 1.94 bits per heavy atom. The summed E-state index contributed by atoms with van der Waals surface area (Å²) in [6.07, 6.45) is 2.53. The SMILES string of the molecule is O=C(O)C=CC(=O)NC(=O)NC1C=CS(=O)(=O)C1. The Bertz CT molecular complexity index is 533. The topological polar surface area (TPSA) is 130 Å². The number of sulfone groups is 1. The highest BCUT2D eigenvalue weighted by Crippen LogP contribution is 2.07. The summed E-state index contributed by atoms with van der Waals surface area (Å²) >= 11 is 0. The summed E-state index contributed by atoms with van der Waals surface area (Å²) < 4.78 is 22.0. The molecule has 1 aliphatic rings. The summed E-state index contributed by atoms with van der Waals surface area (Å²) in [5, 5.41) is 13.3. The maximum absolute atomic E-state index is 11.2. The van der Waals surface area contributed by atoms with Gasteiger partial charge in [-0.1, -0.05) is 0 Å². The lowest BCUT2D eigenvalue weighted by Gasteiger charge is -2.09. The standard InChI is InChI=1S/C9H10N2O6S/c12-7(1-2-8(13)14)11-9(15)10-6-3-4-18(16,17)5-6/h1-4,6H,5H2,(H,13,14)(H2,10,11,12,15). The van der Waals surface area contributed by atoms with Crippen LogP contribution in [-0.4, -0.2) is 43.2 Å². The number of hydrogen-bond acceptors (Lipinski definition) is 5. The molecule has 98 valence electrons. The van der Waals surface area contributed by atoms with Crippen LogP contribution in [0.15, 0.2) is 23.6 Å². The first-order chi connectivity index (χ1) is 8.28. The third-order valence-electron chi connectivity index (χ3n) is 1.86. The van der Waals surface area contributed by atoms with Crippen LogP contribution in [0.25, 0.3) is 0 Å². The molecule has 1 atom stereocenters. The van der Waals surface area contributed by atoms with Crippen molar-refractivity contribution in [3.05, 3.63) is 23.6 Å². The molecule has 0 saturated carbocycles. The van der Waals surface area contributed by atoms with Crippen LogP contribution in [0.3, 0.4) is 0 Å². The van der Waals surface area contributed by atoms with E-state index in [1.165, 1.54) is 6.08 Å². The molecular formula is C9H10N2O6S. The number of rotatable bonds is 3. The number of hydrogen-bond donors (Lipinski definition) is 3. The second kappa shape index (κ2) is 5.45. The third kappa shape index (κ3) is 4.78. The van der Waals surface area contributed by atoms with Crippen molar-refractivity contribution in [2.24, 2.45) is 0 Å². The number of nitrogens with one attached hydrogen (secondary N) is 2. The molecule has 8 nitrogen and oxygen atoms in total. The zero-order chi connectivity index (χ0) is 13.8. The van der Waals surface area contributed by atoms with E-state index in [9.17, 15) is 22.8 Å². The van der Waals surface area contributed by atoms with Crippen molar-refractivity contribution in [3.8, 4) is 0 Å². The van der Waals surface area contributed by atoms with Crippen LogP contribution < -0.4 is 10.6 Å². The molecule has 0 spiro atoms. The van der Waals surface area contributed by atoms with Gasteiger partial charge in [-0.05, 0) is 6.08 Å². The van der Waals surface area contributed by atoms with E-state index in [1.54, 1.807) is 0 Å². The number of imide groups is 1. The number of aliphatic carboxylic acids is 1. The molecule has 1 rings (SSSR count). The molecule has 0 saturated heterocycles. The Labute approximate surface area is 102 Å². The molecule has 1 aliphatic heterocycles. The number of urea groups is 1. The van der Waals surface area contributed by atoms with Gasteiger partial charge in [-0.3, -0.25) is 10.1 Å². The molecule has 0 fully saturated rings. The highest BCUT2D eigenvalue weighted by atomic mass is 32.2. The molecule has 0 bridgehead atoms. The van der Waals surface area contributed by atoms with Crippen molar-refractivity contribution in [2.45, 2.75) is 6.04 Å². The molecule has 0 aromatic rings. The van der Waals surface area contributed by atoms with Gasteiger partial charge in [-0.25, -0.2) is 18.0 Å². The predicted octanol–water partition coefficient (Wildman–Crippen LogP) is -1.24. The quantitative estimate of drug-likeness (QED) is 0.552. The molecular weight excluding hydrogens is 264 g/mol. The number of carboxylic acid groups (broad SMARTS) is 1. The first-order valence-corrected chi connectivity index (χ1v) is 6.43. The predicted molar refractivity (Wildman–Crippen MR) is 60.2 cm³/mol. The van der Waals surface area contributed by atoms with Gasteiger partial charge < -0.3 is 10.4 Å². The van der Waals surface area contributed by atoms with Gasteiger partial charge in [-0.15, -0.1) is 0 Å². The van der Waals surface area contributed by atoms with Crippen molar-refractivity contribution < 1.29 is 27.9 Å². The zero-order valence-corrected chi connectivity index (χ0v) is 9.81. The van der Waals surface area contributed by atoms with E-state index in [-0.39, 0.29) is 5.75 Å². The highest BCUT2D eigenvalue weighted by molar-refractivity contribution is 7.94. The number of amides is 3. The van der Waals surface area contributed by atoms with Crippen LogP contribution >= 0.6 is 0 Å². The van der Waals surface area contributed by atoms with Crippen molar-refractivity contribution >= 4 is 27.7 Å². The van der Waals surface area contributed by atoms with Gasteiger partial charge in [0.25, 0.3) is 5.91 Å². The van der Waals surface area contributed by atoms with Gasteiger partial charge in [0.05, 0.1) is 11.8 Å². The van der Waals surface area contributed by atoms with E-state index in [4.69, 9.17) is 5.11 Å². The molecule has 18 heavy (non-hydrogen) atoms. The Kier molecular flexibility index (Phi) is 4.21. The van der Waals surface area contributed by atoms with E-state index < -0.39 is 33.8 Å². The van der Waals surface area contributed by atoms with E-state index in [2.05, 4.69) is 5.32 Å². The van der Waals surface area contributed by atoms with E-state index in [1.807, 2.05) is 5.32 Å². The minimum absolute atomic E-state index is 0.264. The molecule has 0 aromatic carbocycles. The zero-order valence-electron chi connectivity index (χ0n) is 8.99. The Balaban J connectivity index is 2.42. The van der Waals surface area contributed by atoms with Gasteiger partial charge in [0.1, 0.15) is 0 Å². The van der Waals surface area contributed by atoms with Gasteiger partial charge in [-0.2, -0.15) is 0 Å². The van der Waals surface area contributed by atoms with Gasteiger partial charge in [0.2, 0.25) is 0 Å². The lowest BCUT2D eigenvalue weighted by Crippen LogP contribution is -2.44. The van der Waals surface area contributed by atoms with Crippen LogP contribution in [0.2, 0.25) is 0 Å². The van der Waals surface area contributed by atoms with Crippen molar-refractivity contribution in [3.63, 3.8) is 0 Å². The fourth-order valence-corrected chi connectivity index (χ4v) is 2.41. The number of carboxylic acids is 1. The third-order valence-corrected chi connectivity index (χ3v) is 3.26. The summed E-state index contributed by atoms with van der Waals surface area (Å²) in [6.45, 7) is 0. The minimum Gasteiger partial charge on any atom is -0.478 e. The second-order valence-corrected chi connectivity index (χ2v) is 5.33. The molecule has 0 aliphatic carbocycles. The lowest BCUT2D eigenvalue weighted by atomic mass is 10.3. The van der Waals surface area contributed by atoms with Gasteiger partial charge in [0.15, 0.2) is 9.84 Å². The van der Waals surface area contributed by atoms with Crippen LogP contribution in [0.5, 0.6) is 0 Å². The Hall–Kier alpha value is -2.16.